The van der Waals surface area contributed by atoms with E-state index in [2.05, 4.69) is 10.2 Å². The number of anilines is 1. The van der Waals surface area contributed by atoms with Crippen LogP contribution < -0.4 is 10.2 Å². The molecule has 1 fully saturated rings. The first kappa shape index (κ1) is 17.8. The van der Waals surface area contributed by atoms with E-state index in [0.29, 0.717) is 6.42 Å². The number of hydrogen-bond acceptors (Lipinski definition) is 5. The summed E-state index contributed by atoms with van der Waals surface area (Å²) in [5.74, 6) is 0.152. The van der Waals surface area contributed by atoms with Crippen molar-refractivity contribution < 1.29 is 9.18 Å². The fourth-order valence-electron chi connectivity index (χ4n) is 4.31. The average Bonchev–Trinajstić information content (AvgIpc) is 3.32. The summed E-state index contributed by atoms with van der Waals surface area (Å²) in [7, 11) is 0. The van der Waals surface area contributed by atoms with E-state index in [0.717, 1.165) is 71.1 Å². The van der Waals surface area contributed by atoms with E-state index < -0.39 is 0 Å². The van der Waals surface area contributed by atoms with E-state index in [9.17, 15) is 9.18 Å². The minimum Gasteiger partial charge on any atom is -0.346 e. The molecule has 5 rings (SSSR count). The van der Waals surface area contributed by atoms with Gasteiger partial charge in [0.15, 0.2) is 10.9 Å². The Morgan fingerprint density at radius 1 is 1.21 bits per heavy atom. The lowest BCUT2D eigenvalue weighted by Crippen LogP contribution is -2.43. The number of aromatic nitrogens is 1. The van der Waals surface area contributed by atoms with Crippen LogP contribution in [0, 0.1) is 5.82 Å². The third kappa shape index (κ3) is 3.31. The SMILES string of the molecule is O=C(C[C@H]1CCc2cc(F)ccc21)c1ccc2nc(N3CCNCC3)sc2c1. The van der Waals surface area contributed by atoms with Crippen LogP contribution in [0.2, 0.25) is 0 Å². The van der Waals surface area contributed by atoms with Gasteiger partial charge in [0.1, 0.15) is 5.82 Å². The molecule has 0 amide bonds. The molecule has 1 aromatic heterocycles. The summed E-state index contributed by atoms with van der Waals surface area (Å²) in [6.07, 6.45) is 2.25. The Labute approximate surface area is 167 Å². The Hall–Kier alpha value is -2.31. The molecular weight excluding hydrogens is 373 g/mol. The number of aryl methyl sites for hydroxylation is 1. The number of fused-ring (bicyclic) bond motifs is 2. The maximum atomic E-state index is 13.4. The van der Waals surface area contributed by atoms with Crippen LogP contribution in [-0.2, 0) is 6.42 Å². The van der Waals surface area contributed by atoms with E-state index >= 15 is 0 Å². The number of ketones is 1. The minimum absolute atomic E-state index is 0.154. The van der Waals surface area contributed by atoms with Gasteiger partial charge in [-0.3, -0.25) is 4.79 Å². The highest BCUT2D eigenvalue weighted by molar-refractivity contribution is 7.22. The molecule has 1 aliphatic heterocycles. The molecule has 3 aromatic rings. The number of carbonyl (C=O) groups excluding carboxylic acids is 1. The molecule has 4 nitrogen and oxygen atoms in total. The number of halogens is 1. The highest BCUT2D eigenvalue weighted by atomic mass is 32.1. The lowest BCUT2D eigenvalue weighted by Gasteiger charge is -2.26. The lowest BCUT2D eigenvalue weighted by atomic mass is 9.93. The van der Waals surface area contributed by atoms with Crippen LogP contribution >= 0.6 is 11.3 Å². The van der Waals surface area contributed by atoms with Crippen LogP contribution in [-0.4, -0.2) is 36.9 Å². The first-order chi connectivity index (χ1) is 13.7. The van der Waals surface area contributed by atoms with Gasteiger partial charge in [0, 0.05) is 38.2 Å². The number of hydrogen-bond donors (Lipinski definition) is 1. The van der Waals surface area contributed by atoms with Gasteiger partial charge >= 0.3 is 0 Å². The van der Waals surface area contributed by atoms with Gasteiger partial charge in [-0.05, 0) is 60.2 Å². The Morgan fingerprint density at radius 3 is 2.93 bits per heavy atom. The van der Waals surface area contributed by atoms with E-state index in [1.807, 2.05) is 24.3 Å². The summed E-state index contributed by atoms with van der Waals surface area (Å²) in [5, 5.41) is 4.39. The second-order valence-electron chi connectivity index (χ2n) is 7.62. The van der Waals surface area contributed by atoms with Gasteiger partial charge in [0.25, 0.3) is 0 Å². The molecule has 144 valence electrons. The van der Waals surface area contributed by atoms with Crippen LogP contribution in [0.1, 0.15) is 40.2 Å². The Balaban J connectivity index is 1.35. The fourth-order valence-corrected chi connectivity index (χ4v) is 5.36. The van der Waals surface area contributed by atoms with Gasteiger partial charge in [0.05, 0.1) is 10.2 Å². The molecule has 6 heteroatoms. The van der Waals surface area contributed by atoms with Crippen molar-refractivity contribution in [1.29, 1.82) is 0 Å². The molecule has 0 radical (unpaired) electrons. The molecule has 0 unspecified atom stereocenters. The smallest absolute Gasteiger partial charge is 0.186 e. The van der Waals surface area contributed by atoms with Crippen LogP contribution in [0.3, 0.4) is 0 Å². The lowest BCUT2D eigenvalue weighted by molar-refractivity contribution is 0.0973. The molecule has 0 spiro atoms. The molecule has 2 aliphatic rings. The van der Waals surface area contributed by atoms with Crippen molar-refractivity contribution in [3.05, 3.63) is 58.9 Å². The summed E-state index contributed by atoms with van der Waals surface area (Å²) in [6, 6.07) is 10.8. The van der Waals surface area contributed by atoms with Crippen LogP contribution in [0.15, 0.2) is 36.4 Å². The Kier molecular flexibility index (Phi) is 4.61. The Bertz CT molecular complexity index is 1040. The molecule has 1 saturated heterocycles. The normalized spacial score (nSPS) is 19.2. The summed E-state index contributed by atoms with van der Waals surface area (Å²) in [4.78, 5) is 20.0. The standard InChI is InChI=1S/C22H22FN3OS/c23-17-4-5-18-14(11-17)1-2-15(18)12-20(27)16-3-6-19-21(13-16)28-22(25-19)26-9-7-24-8-10-26/h3-6,11,13,15,24H,1-2,7-10,12H2/t15-/m1/s1. The summed E-state index contributed by atoms with van der Waals surface area (Å²) in [5.41, 5.74) is 3.89. The number of nitrogens with zero attached hydrogens (tertiary/aromatic N) is 2. The number of benzene rings is 2. The zero-order valence-corrected chi connectivity index (χ0v) is 16.4. The third-order valence-electron chi connectivity index (χ3n) is 5.83. The van der Waals surface area contributed by atoms with Crippen molar-refractivity contribution in [2.45, 2.75) is 25.2 Å². The van der Waals surface area contributed by atoms with Crippen molar-refractivity contribution in [3.8, 4) is 0 Å². The van der Waals surface area contributed by atoms with Gasteiger partial charge in [-0.15, -0.1) is 0 Å². The number of thiazole rings is 1. The highest BCUT2D eigenvalue weighted by Gasteiger charge is 2.25. The van der Waals surface area contributed by atoms with Crippen LogP contribution in [0.25, 0.3) is 10.2 Å². The van der Waals surface area contributed by atoms with E-state index in [1.54, 1.807) is 17.4 Å². The largest absolute Gasteiger partial charge is 0.346 e. The topological polar surface area (TPSA) is 45.2 Å². The quantitative estimate of drug-likeness (QED) is 0.674. The molecule has 2 heterocycles. The second-order valence-corrected chi connectivity index (χ2v) is 8.63. The fraction of sp³-hybridized carbons (Fsp3) is 0.364. The van der Waals surface area contributed by atoms with Crippen molar-refractivity contribution >= 4 is 32.5 Å². The van der Waals surface area contributed by atoms with Gasteiger partial charge < -0.3 is 10.2 Å². The van der Waals surface area contributed by atoms with Crippen molar-refractivity contribution in [1.82, 2.24) is 10.3 Å². The molecule has 1 atom stereocenters. The number of piperazine rings is 1. The number of nitrogens with one attached hydrogen (secondary N) is 1. The van der Waals surface area contributed by atoms with Gasteiger partial charge in [-0.1, -0.05) is 17.4 Å². The first-order valence-corrected chi connectivity index (χ1v) is 10.7. The number of Topliss-reactive ketones (excluding diaryl/α,β-unsaturated/α-hetero) is 1. The van der Waals surface area contributed by atoms with Crippen molar-refractivity contribution in [2.24, 2.45) is 0 Å². The summed E-state index contributed by atoms with van der Waals surface area (Å²) < 4.78 is 14.5. The average molecular weight is 396 g/mol. The van der Waals surface area contributed by atoms with Crippen LogP contribution in [0.5, 0.6) is 0 Å². The zero-order chi connectivity index (χ0) is 19.1. The maximum absolute atomic E-state index is 13.4. The van der Waals surface area contributed by atoms with E-state index in [1.165, 1.54) is 6.07 Å². The van der Waals surface area contributed by atoms with Gasteiger partial charge in [0.2, 0.25) is 0 Å². The summed E-state index contributed by atoms with van der Waals surface area (Å²) in [6.45, 7) is 3.89. The van der Waals surface area contributed by atoms with Crippen molar-refractivity contribution in [2.75, 3.05) is 31.1 Å². The monoisotopic (exact) mass is 395 g/mol. The van der Waals surface area contributed by atoms with Gasteiger partial charge in [-0.2, -0.15) is 0 Å². The zero-order valence-electron chi connectivity index (χ0n) is 15.6. The Morgan fingerprint density at radius 2 is 2.07 bits per heavy atom. The predicted molar refractivity (Wildman–Crippen MR) is 111 cm³/mol. The molecule has 28 heavy (non-hydrogen) atoms. The molecular formula is C22H22FN3OS. The second kappa shape index (κ2) is 7.26. The first-order valence-electron chi connectivity index (χ1n) is 9.85. The third-order valence-corrected chi connectivity index (χ3v) is 6.90. The molecule has 1 aliphatic carbocycles. The summed E-state index contributed by atoms with van der Waals surface area (Å²) >= 11 is 1.66. The van der Waals surface area contributed by atoms with Crippen molar-refractivity contribution in [3.63, 3.8) is 0 Å². The van der Waals surface area contributed by atoms with E-state index in [-0.39, 0.29) is 17.5 Å². The van der Waals surface area contributed by atoms with E-state index in [4.69, 9.17) is 4.98 Å². The molecule has 0 saturated carbocycles. The number of rotatable bonds is 4. The maximum Gasteiger partial charge on any atom is 0.186 e. The molecule has 2 aromatic carbocycles. The molecule has 0 bridgehead atoms. The predicted octanol–water partition coefficient (Wildman–Crippen LogP) is 4.15. The minimum atomic E-state index is -0.193. The van der Waals surface area contributed by atoms with Gasteiger partial charge in [-0.25, -0.2) is 9.37 Å². The number of carbonyl (C=O) groups is 1. The molecule has 1 N–H and O–H groups in total. The highest BCUT2D eigenvalue weighted by Crippen LogP contribution is 2.37. The van der Waals surface area contributed by atoms with Crippen LogP contribution in [0.4, 0.5) is 9.52 Å².